The summed E-state index contributed by atoms with van der Waals surface area (Å²) in [5.41, 5.74) is 3.79. The van der Waals surface area contributed by atoms with Crippen LogP contribution in [0.3, 0.4) is 0 Å². The second-order valence-electron chi connectivity index (χ2n) is 15.6. The fourth-order valence-corrected chi connectivity index (χ4v) is 8.35. The molecule has 3 N–H and O–H groups in total. The normalized spacial score (nSPS) is 21.2. The average Bonchev–Trinajstić information content (AvgIpc) is 3.80. The highest BCUT2D eigenvalue weighted by Crippen LogP contribution is 2.37. The summed E-state index contributed by atoms with van der Waals surface area (Å²) >= 11 is 0. The van der Waals surface area contributed by atoms with E-state index in [2.05, 4.69) is 16.1 Å². The van der Waals surface area contributed by atoms with E-state index in [1.807, 2.05) is 21.8 Å². The van der Waals surface area contributed by atoms with Crippen LogP contribution < -0.4 is 11.0 Å². The van der Waals surface area contributed by atoms with Gasteiger partial charge in [-0.25, -0.2) is 22.1 Å². The van der Waals surface area contributed by atoms with Gasteiger partial charge in [-0.1, -0.05) is 5.64 Å². The largest absolute Gasteiger partial charge is 0.386 e. The van der Waals surface area contributed by atoms with Crippen LogP contribution in [-0.4, -0.2) is 91.5 Å². The zero-order chi connectivity index (χ0) is 40.1. The van der Waals surface area contributed by atoms with Crippen molar-refractivity contribution in [3.8, 4) is 6.07 Å². The van der Waals surface area contributed by atoms with E-state index in [0.29, 0.717) is 65.9 Å². The molecule has 2 atom stereocenters. The Morgan fingerprint density at radius 2 is 1.86 bits per heavy atom. The van der Waals surface area contributed by atoms with E-state index in [-0.39, 0.29) is 49.7 Å². The van der Waals surface area contributed by atoms with Gasteiger partial charge < -0.3 is 10.4 Å². The summed E-state index contributed by atoms with van der Waals surface area (Å²) in [5, 5.41) is 33.0. The number of amides is 1. The lowest BCUT2D eigenvalue weighted by atomic mass is 9.94. The van der Waals surface area contributed by atoms with Crippen LogP contribution in [0.5, 0.6) is 0 Å². The van der Waals surface area contributed by atoms with Crippen molar-refractivity contribution in [2.75, 3.05) is 44.6 Å². The Bertz CT molecular complexity index is 2320. The molecule has 5 aromatic rings. The lowest BCUT2D eigenvalue weighted by molar-refractivity contribution is -0.242. The molecular formula is C40H43F4N9O4. The van der Waals surface area contributed by atoms with Gasteiger partial charge in [0.05, 0.1) is 59.2 Å². The number of aliphatic hydroxyl groups is 1. The second kappa shape index (κ2) is 15.4. The molecule has 17 heteroatoms. The number of rotatable bonds is 9. The number of carbonyl (C=O) groups excluding carboxylic acids is 1. The number of alkyl halides is 2. The highest BCUT2D eigenvalue weighted by atomic mass is 19.3. The summed E-state index contributed by atoms with van der Waals surface area (Å²) in [4.78, 5) is 27.0. The molecule has 13 nitrogen and oxygen atoms in total. The van der Waals surface area contributed by atoms with Crippen molar-refractivity contribution in [1.29, 1.82) is 5.26 Å². The van der Waals surface area contributed by atoms with Gasteiger partial charge >= 0.3 is 0 Å². The van der Waals surface area contributed by atoms with Gasteiger partial charge in [0.15, 0.2) is 0 Å². The zero-order valence-corrected chi connectivity index (χ0v) is 31.5. The van der Waals surface area contributed by atoms with E-state index in [1.54, 1.807) is 49.1 Å². The average molecular weight is 790 g/mol. The highest BCUT2D eigenvalue weighted by molar-refractivity contribution is 6.05. The van der Waals surface area contributed by atoms with Crippen LogP contribution in [0, 0.1) is 23.0 Å². The van der Waals surface area contributed by atoms with E-state index >= 15 is 8.78 Å². The van der Waals surface area contributed by atoms with Gasteiger partial charge in [-0.3, -0.25) is 29.0 Å². The number of fused-ring (bicyclic) bond motifs is 2. The third kappa shape index (κ3) is 7.98. The van der Waals surface area contributed by atoms with Gasteiger partial charge in [-0.05, 0) is 87.6 Å². The van der Waals surface area contributed by atoms with Crippen LogP contribution in [0.2, 0.25) is 0 Å². The Kier molecular flexibility index (Phi) is 10.5. The Morgan fingerprint density at radius 3 is 2.54 bits per heavy atom. The monoisotopic (exact) mass is 789 g/mol. The first-order chi connectivity index (χ1) is 27.3. The first-order valence-electron chi connectivity index (χ1n) is 19.1. The molecule has 3 aliphatic heterocycles. The van der Waals surface area contributed by atoms with Crippen molar-refractivity contribution in [2.24, 2.45) is 0 Å². The predicted octanol–water partition coefficient (Wildman–Crippen LogP) is 5.80. The van der Waals surface area contributed by atoms with Gasteiger partial charge in [0.25, 0.3) is 11.8 Å². The third-order valence-corrected chi connectivity index (χ3v) is 11.3. The fraction of sp³-hybridized carbons (Fsp3) is 0.450. The van der Waals surface area contributed by atoms with Crippen molar-refractivity contribution in [1.82, 2.24) is 34.8 Å². The topological polar surface area (TPSA) is 145 Å². The molecule has 8 rings (SSSR count). The molecule has 2 aromatic carbocycles. The number of nitriles is 1. The molecule has 0 aliphatic carbocycles. The smallest absolute Gasteiger partial charge is 0.275 e. The lowest BCUT2D eigenvalue weighted by Gasteiger charge is -2.45. The van der Waals surface area contributed by atoms with Crippen molar-refractivity contribution >= 4 is 28.0 Å². The minimum atomic E-state index is -2.98. The van der Waals surface area contributed by atoms with Gasteiger partial charge in [0.2, 0.25) is 0 Å². The lowest BCUT2D eigenvalue weighted by Crippen LogP contribution is -2.59. The van der Waals surface area contributed by atoms with Crippen molar-refractivity contribution in [3.63, 3.8) is 0 Å². The third-order valence-electron chi connectivity index (χ3n) is 11.3. The van der Waals surface area contributed by atoms with Crippen LogP contribution >= 0.6 is 0 Å². The Labute approximate surface area is 325 Å². The van der Waals surface area contributed by atoms with Crippen LogP contribution in [-0.2, 0) is 21.7 Å². The molecule has 0 bridgehead atoms. The zero-order valence-electron chi connectivity index (χ0n) is 31.5. The SMILES string of the molecule is CC(C)(O)c1cc2nn(C3CCN([C@@H]4CCN(CCc5cc(F)c([C@H]6CCONO6)c(F)c5)CC4(F)F)CC3)cc2cc1NC(=O)c1ccc2cc(C#N)cnn12. The number of piperidine rings is 2. The van der Waals surface area contributed by atoms with Crippen LogP contribution in [0.4, 0.5) is 23.2 Å². The van der Waals surface area contributed by atoms with E-state index in [1.165, 1.54) is 22.8 Å². The van der Waals surface area contributed by atoms with Crippen molar-refractivity contribution in [3.05, 3.63) is 94.4 Å². The number of likely N-dealkylation sites (tertiary alicyclic amines) is 2. The Morgan fingerprint density at radius 1 is 1.09 bits per heavy atom. The maximum atomic E-state index is 15.7. The number of aromatic nitrogens is 4. The van der Waals surface area contributed by atoms with Crippen LogP contribution in [0.15, 0.2) is 54.9 Å². The minimum Gasteiger partial charge on any atom is -0.386 e. The first-order valence-corrected chi connectivity index (χ1v) is 19.1. The Hall–Kier alpha value is -4.96. The first kappa shape index (κ1) is 38.9. The molecular weight excluding hydrogens is 746 g/mol. The molecule has 3 aliphatic rings. The summed E-state index contributed by atoms with van der Waals surface area (Å²) in [6, 6.07) is 12.0. The molecule has 3 aromatic heterocycles. The summed E-state index contributed by atoms with van der Waals surface area (Å²) in [5.74, 6) is -4.90. The standard InChI is InChI=1S/C40H43F4N9O4/c1-39(2,55)29-19-32-26(18-33(29)47-38(54)34-4-3-28-15-25(20-45)21-46-53(28)34)22-52(48-32)27-6-12-51(13-7-27)36-8-11-50(23-40(36,43)44)10-5-24-16-30(41)37(31(42)17-24)35-9-14-56-49-57-35/h3-4,15-19,21-22,27,35-36,49,55H,5-14,23H2,1-2H3,(H,47,54)/t35-,36-/m1/s1. The van der Waals surface area contributed by atoms with Gasteiger partial charge in [0, 0.05) is 55.4 Å². The number of hydrogen-bond acceptors (Lipinski definition) is 10. The number of carbonyl (C=O) groups is 1. The number of nitrogens with zero attached hydrogens (tertiary/aromatic N) is 7. The summed E-state index contributed by atoms with van der Waals surface area (Å²) in [6.07, 6.45) is 4.43. The van der Waals surface area contributed by atoms with Crippen molar-refractivity contribution < 1.29 is 37.1 Å². The molecule has 0 radical (unpaired) electrons. The van der Waals surface area contributed by atoms with Gasteiger partial charge in [0.1, 0.15) is 29.5 Å². The number of hydrogen-bond donors (Lipinski definition) is 3. The van der Waals surface area contributed by atoms with E-state index in [9.17, 15) is 23.9 Å². The molecule has 3 saturated heterocycles. The second-order valence-corrected chi connectivity index (χ2v) is 15.6. The maximum absolute atomic E-state index is 15.7. The van der Waals surface area contributed by atoms with Crippen LogP contribution in [0.25, 0.3) is 16.4 Å². The molecule has 0 spiro atoms. The number of halogens is 4. The molecule has 1 amide bonds. The number of anilines is 1. The molecule has 6 heterocycles. The van der Waals surface area contributed by atoms with E-state index in [4.69, 9.17) is 14.8 Å². The predicted molar refractivity (Wildman–Crippen MR) is 200 cm³/mol. The quantitative estimate of drug-likeness (QED) is 0.157. The van der Waals surface area contributed by atoms with E-state index < -0.39 is 47.8 Å². The minimum absolute atomic E-state index is 0.0381. The van der Waals surface area contributed by atoms with Crippen LogP contribution in [0.1, 0.15) is 84.4 Å². The summed E-state index contributed by atoms with van der Waals surface area (Å²) in [6.45, 7) is 4.66. The molecule has 0 unspecified atom stereocenters. The summed E-state index contributed by atoms with van der Waals surface area (Å²) < 4.78 is 64.5. The molecule has 300 valence electrons. The maximum Gasteiger partial charge on any atom is 0.275 e. The van der Waals surface area contributed by atoms with E-state index in [0.717, 1.165) is 5.39 Å². The number of benzene rings is 2. The fourth-order valence-electron chi connectivity index (χ4n) is 8.35. The van der Waals surface area contributed by atoms with Crippen molar-refractivity contribution in [2.45, 2.75) is 75.7 Å². The number of nitrogens with one attached hydrogen (secondary N) is 2. The molecule has 57 heavy (non-hydrogen) atoms. The molecule has 3 fully saturated rings. The Balaban J connectivity index is 0.893. The summed E-state index contributed by atoms with van der Waals surface area (Å²) in [7, 11) is 0. The van der Waals surface area contributed by atoms with Gasteiger partial charge in [-0.2, -0.15) is 15.5 Å². The molecule has 0 saturated carbocycles. The van der Waals surface area contributed by atoms with Gasteiger partial charge in [-0.15, -0.1) is 0 Å². The highest BCUT2D eigenvalue weighted by Gasteiger charge is 2.48.